The molecule has 3 aromatic carbocycles. The minimum absolute atomic E-state index is 0.0192. The summed E-state index contributed by atoms with van der Waals surface area (Å²) in [5, 5.41) is 16.1. The largest absolute Gasteiger partial charge is 0.507 e. The van der Waals surface area contributed by atoms with E-state index in [1.54, 1.807) is 36.4 Å². The number of phenols is 1. The number of oxazole rings is 1. The highest BCUT2D eigenvalue weighted by Crippen LogP contribution is 2.33. The highest BCUT2D eigenvalue weighted by molar-refractivity contribution is 9.10. The van der Waals surface area contributed by atoms with Gasteiger partial charge in [-0.2, -0.15) is 0 Å². The first-order chi connectivity index (χ1) is 14.9. The first kappa shape index (κ1) is 21.0. The van der Waals surface area contributed by atoms with Crippen molar-refractivity contribution in [1.29, 1.82) is 0 Å². The molecule has 0 aliphatic heterocycles. The van der Waals surface area contributed by atoms with E-state index in [1.807, 2.05) is 18.2 Å². The molecule has 4 aromatic rings. The Morgan fingerprint density at radius 1 is 1.13 bits per heavy atom. The molecule has 0 fully saturated rings. The Morgan fingerprint density at radius 3 is 2.61 bits per heavy atom. The van der Waals surface area contributed by atoms with Crippen LogP contribution in [0.15, 0.2) is 69.6 Å². The number of hydrogen-bond acceptors (Lipinski definition) is 5. The summed E-state index contributed by atoms with van der Waals surface area (Å²) >= 11 is 8.54. The molecule has 1 heterocycles. The number of amides is 1. The summed E-state index contributed by atoms with van der Waals surface area (Å²) in [6, 6.07) is 17.7. The van der Waals surface area contributed by atoms with Gasteiger partial charge >= 0.3 is 0 Å². The van der Waals surface area contributed by atoms with Crippen molar-refractivity contribution in [2.45, 2.75) is 13.3 Å². The molecule has 156 valence electrons. The van der Waals surface area contributed by atoms with Crippen LogP contribution >= 0.6 is 28.1 Å². The molecule has 31 heavy (non-hydrogen) atoms. The number of phenolic OH excluding ortho intramolecular Hbond substituents is 1. The molecule has 0 atom stereocenters. The van der Waals surface area contributed by atoms with Gasteiger partial charge in [0.05, 0.1) is 5.56 Å². The molecule has 8 heteroatoms. The second kappa shape index (κ2) is 8.87. The molecule has 0 radical (unpaired) electrons. The second-order valence-corrected chi connectivity index (χ2v) is 8.15. The molecular weight excluding hydrogens is 478 g/mol. The minimum Gasteiger partial charge on any atom is -0.507 e. The number of aryl methyl sites for hydroxylation is 1. The number of nitrogens with one attached hydrogen (secondary N) is 2. The van der Waals surface area contributed by atoms with E-state index in [9.17, 15) is 9.90 Å². The van der Waals surface area contributed by atoms with Crippen LogP contribution in [0, 0.1) is 0 Å². The average Bonchev–Trinajstić information content (AvgIpc) is 3.17. The van der Waals surface area contributed by atoms with Crippen molar-refractivity contribution in [3.63, 3.8) is 0 Å². The van der Waals surface area contributed by atoms with E-state index >= 15 is 0 Å². The first-order valence-electron chi connectivity index (χ1n) is 9.53. The zero-order valence-electron chi connectivity index (χ0n) is 16.5. The summed E-state index contributed by atoms with van der Waals surface area (Å²) in [5.74, 6) is -0.0171. The summed E-state index contributed by atoms with van der Waals surface area (Å²) in [4.78, 5) is 16.8. The van der Waals surface area contributed by atoms with E-state index in [1.165, 1.54) is 6.07 Å². The molecule has 0 bridgehead atoms. The highest BCUT2D eigenvalue weighted by atomic mass is 79.9. The molecule has 0 saturated carbocycles. The van der Waals surface area contributed by atoms with Crippen LogP contribution in [0.2, 0.25) is 0 Å². The maximum atomic E-state index is 12.3. The normalized spacial score (nSPS) is 10.8. The number of hydrogen-bond donors (Lipinski definition) is 3. The Morgan fingerprint density at radius 2 is 1.90 bits per heavy atom. The van der Waals surface area contributed by atoms with Gasteiger partial charge < -0.3 is 14.8 Å². The van der Waals surface area contributed by atoms with Crippen LogP contribution in [0.5, 0.6) is 5.75 Å². The molecule has 1 amide bonds. The number of nitrogens with zero attached hydrogens (tertiary/aromatic N) is 1. The number of anilines is 1. The van der Waals surface area contributed by atoms with Gasteiger partial charge in [0.2, 0.25) is 5.89 Å². The van der Waals surface area contributed by atoms with Crippen molar-refractivity contribution in [1.82, 2.24) is 10.3 Å². The third kappa shape index (κ3) is 4.76. The van der Waals surface area contributed by atoms with Gasteiger partial charge in [0.15, 0.2) is 10.7 Å². The van der Waals surface area contributed by atoms with Gasteiger partial charge in [0.25, 0.3) is 5.91 Å². The number of aromatic hydroxyl groups is 1. The Hall–Kier alpha value is -3.23. The summed E-state index contributed by atoms with van der Waals surface area (Å²) in [6.07, 6.45) is 0.905. The van der Waals surface area contributed by atoms with Crippen molar-refractivity contribution in [3.05, 3.63) is 76.3 Å². The van der Waals surface area contributed by atoms with Crippen LogP contribution in [0.1, 0.15) is 22.8 Å². The minimum atomic E-state index is -0.330. The fraction of sp³-hybridized carbons (Fsp3) is 0.0870. The van der Waals surface area contributed by atoms with Crippen LogP contribution in [-0.4, -0.2) is 21.1 Å². The number of carbonyl (C=O) groups excluding carboxylic acids is 1. The van der Waals surface area contributed by atoms with Gasteiger partial charge in [-0.1, -0.05) is 28.9 Å². The van der Waals surface area contributed by atoms with E-state index in [0.717, 1.165) is 22.0 Å². The zero-order chi connectivity index (χ0) is 22.0. The molecule has 0 unspecified atom stereocenters. The maximum absolute atomic E-state index is 12.3. The van der Waals surface area contributed by atoms with E-state index < -0.39 is 0 Å². The Bertz CT molecular complexity index is 1290. The lowest BCUT2D eigenvalue weighted by molar-refractivity contribution is 0.0977. The van der Waals surface area contributed by atoms with Crippen molar-refractivity contribution in [3.8, 4) is 17.2 Å². The number of carbonyl (C=O) groups is 1. The Kier molecular flexibility index (Phi) is 6.01. The Labute approximate surface area is 192 Å². The van der Waals surface area contributed by atoms with Crippen molar-refractivity contribution in [2.24, 2.45) is 0 Å². The molecular formula is C23H18BrN3O3S. The second-order valence-electron chi connectivity index (χ2n) is 6.82. The van der Waals surface area contributed by atoms with Crippen LogP contribution in [0.4, 0.5) is 5.69 Å². The predicted molar refractivity (Wildman–Crippen MR) is 128 cm³/mol. The number of fused-ring (bicyclic) bond motifs is 1. The van der Waals surface area contributed by atoms with Crippen LogP contribution in [0.25, 0.3) is 22.6 Å². The van der Waals surface area contributed by atoms with Gasteiger partial charge in [0, 0.05) is 21.8 Å². The molecule has 0 saturated heterocycles. The van der Waals surface area contributed by atoms with Crippen molar-refractivity contribution >= 4 is 56.0 Å². The fourth-order valence-electron chi connectivity index (χ4n) is 3.04. The van der Waals surface area contributed by atoms with Gasteiger partial charge in [-0.05, 0) is 72.7 Å². The lowest BCUT2D eigenvalue weighted by Gasteiger charge is -2.11. The lowest BCUT2D eigenvalue weighted by Crippen LogP contribution is -2.34. The summed E-state index contributed by atoms with van der Waals surface area (Å²) in [6.45, 7) is 2.07. The van der Waals surface area contributed by atoms with Gasteiger partial charge in [-0.15, -0.1) is 0 Å². The topological polar surface area (TPSA) is 87.4 Å². The lowest BCUT2D eigenvalue weighted by atomic mass is 10.1. The third-order valence-electron chi connectivity index (χ3n) is 4.68. The molecule has 0 spiro atoms. The Balaban J connectivity index is 1.47. The quantitative estimate of drug-likeness (QED) is 0.317. The van der Waals surface area contributed by atoms with Crippen LogP contribution in [0.3, 0.4) is 0 Å². The van der Waals surface area contributed by atoms with Gasteiger partial charge in [-0.3, -0.25) is 10.1 Å². The predicted octanol–water partition coefficient (Wildman–Crippen LogP) is 5.65. The van der Waals surface area contributed by atoms with Crippen LogP contribution < -0.4 is 10.6 Å². The molecule has 6 nitrogen and oxygen atoms in total. The van der Waals surface area contributed by atoms with E-state index in [-0.39, 0.29) is 16.8 Å². The van der Waals surface area contributed by atoms with Crippen molar-refractivity contribution in [2.75, 3.05) is 5.32 Å². The molecule has 1 aromatic heterocycles. The third-order valence-corrected chi connectivity index (χ3v) is 5.41. The van der Waals surface area contributed by atoms with E-state index in [0.29, 0.717) is 28.3 Å². The van der Waals surface area contributed by atoms with E-state index in [4.69, 9.17) is 16.6 Å². The highest BCUT2D eigenvalue weighted by Gasteiger charge is 2.14. The molecule has 0 aliphatic carbocycles. The number of thiocarbonyl (C=S) groups is 1. The monoisotopic (exact) mass is 495 g/mol. The maximum Gasteiger partial charge on any atom is 0.257 e. The summed E-state index contributed by atoms with van der Waals surface area (Å²) < 4.78 is 6.67. The smallest absolute Gasteiger partial charge is 0.257 e. The zero-order valence-corrected chi connectivity index (χ0v) is 18.9. The molecule has 4 rings (SSSR count). The van der Waals surface area contributed by atoms with E-state index in [2.05, 4.69) is 38.5 Å². The van der Waals surface area contributed by atoms with Gasteiger partial charge in [0.1, 0.15) is 11.3 Å². The molecule has 3 N–H and O–H groups in total. The summed E-state index contributed by atoms with van der Waals surface area (Å²) in [5.41, 5.74) is 4.03. The number of benzene rings is 3. The number of halogens is 1. The standard InChI is InChI=1S/C23H18BrN3O3S/c1-2-13-3-10-20-18(11-13)26-22(30-20)17-9-8-16(12-19(17)28)25-23(31)27-21(29)14-4-6-15(24)7-5-14/h3-12,28H,2H2,1H3,(H2,25,27,29,31). The SMILES string of the molecule is CCc1ccc2oc(-c3ccc(NC(=S)NC(=O)c4ccc(Br)cc4)cc3O)nc2c1. The number of aromatic nitrogens is 1. The molecule has 0 aliphatic rings. The van der Waals surface area contributed by atoms with Gasteiger partial charge in [-0.25, -0.2) is 4.98 Å². The number of rotatable bonds is 4. The fourth-order valence-corrected chi connectivity index (χ4v) is 3.51. The average molecular weight is 496 g/mol. The van der Waals surface area contributed by atoms with Crippen LogP contribution in [-0.2, 0) is 6.42 Å². The van der Waals surface area contributed by atoms with Crippen molar-refractivity contribution < 1.29 is 14.3 Å². The summed E-state index contributed by atoms with van der Waals surface area (Å²) in [7, 11) is 0. The first-order valence-corrected chi connectivity index (χ1v) is 10.7.